The monoisotopic (exact) mass is 346 g/mol. The fourth-order valence-electron chi connectivity index (χ4n) is 1.65. The minimum Gasteiger partial charge on any atom is -0.497 e. The van der Waals surface area contributed by atoms with Gasteiger partial charge in [0, 0.05) is 43.5 Å². The van der Waals surface area contributed by atoms with Crippen molar-refractivity contribution in [2.45, 2.75) is 13.3 Å². The van der Waals surface area contributed by atoms with Crippen LogP contribution < -0.4 is 13.6 Å². The Morgan fingerprint density at radius 2 is 2.35 bits per heavy atom. The maximum atomic E-state index is 10.8. The summed E-state index contributed by atoms with van der Waals surface area (Å²) in [6.07, 6.45) is 0.917. The Bertz CT molecular complexity index is 472. The highest BCUT2D eigenvalue weighted by Crippen LogP contribution is 2.33. The van der Waals surface area contributed by atoms with Crippen LogP contribution in [-0.2, 0) is 4.79 Å². The molecule has 0 fully saturated rings. The number of benzene rings is 1. The number of carbonyl (C=O) groups excluding carboxylic acids is 1. The van der Waals surface area contributed by atoms with Gasteiger partial charge in [0.05, 0.1) is 12.8 Å². The average molecular weight is 346 g/mol. The molecule has 0 radical (unpaired) electrons. The van der Waals surface area contributed by atoms with Gasteiger partial charge in [0.1, 0.15) is 5.75 Å². The number of anilines is 1. The first-order chi connectivity index (χ1) is 8.20. The van der Waals surface area contributed by atoms with Gasteiger partial charge < -0.3 is 13.6 Å². The van der Waals surface area contributed by atoms with E-state index in [-0.39, 0.29) is 26.9 Å². The SMILES string of the molecule is COc1ccc2c(c1)C(CCNC(C)=O)=IN2. The third kappa shape index (κ3) is 2.96. The van der Waals surface area contributed by atoms with Crippen LogP contribution in [0.2, 0.25) is 0 Å². The number of nitrogens with one attached hydrogen (secondary N) is 2. The van der Waals surface area contributed by atoms with Crippen LogP contribution in [0.3, 0.4) is 0 Å². The molecule has 0 atom stereocenters. The van der Waals surface area contributed by atoms with Gasteiger partial charge in [-0.2, -0.15) is 0 Å². The quantitative estimate of drug-likeness (QED) is 0.648. The maximum Gasteiger partial charge on any atom is 0.216 e. The molecule has 1 heterocycles. The van der Waals surface area contributed by atoms with Crippen LogP contribution in [0, 0.1) is 0 Å². The molecule has 92 valence electrons. The summed E-state index contributed by atoms with van der Waals surface area (Å²) in [5.41, 5.74) is 2.44. The van der Waals surface area contributed by atoms with Crippen LogP contribution in [0.15, 0.2) is 18.2 Å². The first-order valence-electron chi connectivity index (χ1n) is 5.39. The molecular weight excluding hydrogens is 331 g/mol. The Balaban J connectivity index is 2.06. The molecule has 1 aliphatic heterocycles. The molecule has 1 aromatic rings. The summed E-state index contributed by atoms with van der Waals surface area (Å²) in [5, 5.41) is 2.83. The van der Waals surface area contributed by atoms with Crippen molar-refractivity contribution in [2.24, 2.45) is 0 Å². The van der Waals surface area contributed by atoms with Gasteiger partial charge in [0.2, 0.25) is 5.91 Å². The number of halogens is 1. The highest BCUT2D eigenvalue weighted by atomic mass is 127. The lowest BCUT2D eigenvalue weighted by Gasteiger charge is -2.06. The normalized spacial score (nSPS) is 12.9. The summed E-state index contributed by atoms with van der Waals surface area (Å²) in [6.45, 7) is 2.26. The molecule has 1 amide bonds. The predicted molar refractivity (Wildman–Crippen MR) is 78.0 cm³/mol. The second-order valence-electron chi connectivity index (χ2n) is 3.74. The molecule has 17 heavy (non-hydrogen) atoms. The summed E-state index contributed by atoms with van der Waals surface area (Å²) in [6, 6.07) is 6.09. The van der Waals surface area contributed by atoms with Gasteiger partial charge in [-0.05, 0) is 24.6 Å². The second-order valence-corrected chi connectivity index (χ2v) is 6.12. The van der Waals surface area contributed by atoms with Crippen molar-refractivity contribution in [3.05, 3.63) is 23.8 Å². The topological polar surface area (TPSA) is 50.4 Å². The van der Waals surface area contributed by atoms with Crippen molar-refractivity contribution in [3.8, 4) is 5.75 Å². The second kappa shape index (κ2) is 5.48. The minimum atomic E-state index is -0.144. The Morgan fingerprint density at radius 3 is 3.06 bits per heavy atom. The van der Waals surface area contributed by atoms with Crippen LogP contribution in [0.5, 0.6) is 5.75 Å². The van der Waals surface area contributed by atoms with E-state index in [0.717, 1.165) is 12.2 Å². The fourth-order valence-corrected chi connectivity index (χ4v) is 4.01. The molecule has 0 aromatic heterocycles. The number of amides is 1. The zero-order chi connectivity index (χ0) is 12.3. The lowest BCUT2D eigenvalue weighted by molar-refractivity contribution is -0.118. The van der Waals surface area contributed by atoms with E-state index in [4.69, 9.17) is 4.74 Å². The van der Waals surface area contributed by atoms with Crippen molar-refractivity contribution in [1.82, 2.24) is 5.32 Å². The predicted octanol–water partition coefficient (Wildman–Crippen LogP) is 2.05. The Labute approximate surface area is 111 Å². The third-order valence-corrected chi connectivity index (χ3v) is 5.12. The van der Waals surface area contributed by atoms with Crippen LogP contribution in [0.4, 0.5) is 5.69 Å². The minimum absolute atomic E-state index is 0.0284. The van der Waals surface area contributed by atoms with Gasteiger partial charge >= 0.3 is 0 Å². The Hall–Kier alpha value is -1.11. The molecule has 0 saturated carbocycles. The molecule has 1 aliphatic rings. The van der Waals surface area contributed by atoms with E-state index in [1.54, 1.807) is 14.0 Å². The highest BCUT2D eigenvalue weighted by Gasteiger charge is 2.15. The van der Waals surface area contributed by atoms with Gasteiger partial charge in [-0.1, -0.05) is 0 Å². The van der Waals surface area contributed by atoms with Crippen molar-refractivity contribution >= 4 is 36.1 Å². The Kier molecular flexibility index (Phi) is 3.98. The summed E-state index contributed by atoms with van der Waals surface area (Å²) >= 11 is -0.144. The zero-order valence-electron chi connectivity index (χ0n) is 9.84. The van der Waals surface area contributed by atoms with Gasteiger partial charge in [-0.25, -0.2) is 0 Å². The molecule has 0 bridgehead atoms. The highest BCUT2D eigenvalue weighted by molar-refractivity contribution is 14.2. The Morgan fingerprint density at radius 1 is 1.53 bits per heavy atom. The molecular formula is C12H15IN2O2. The van der Waals surface area contributed by atoms with E-state index in [2.05, 4.69) is 21.0 Å². The number of carbonyl (C=O) groups is 1. The van der Waals surface area contributed by atoms with Crippen LogP contribution in [0.1, 0.15) is 18.9 Å². The largest absolute Gasteiger partial charge is 0.497 e. The summed E-state index contributed by atoms with van der Waals surface area (Å²) in [4.78, 5) is 10.8. The van der Waals surface area contributed by atoms with Crippen molar-refractivity contribution < 1.29 is 9.53 Å². The zero-order valence-corrected chi connectivity index (χ0v) is 12.0. The summed E-state index contributed by atoms with van der Waals surface area (Å²) in [7, 11) is 1.68. The van der Waals surface area contributed by atoms with Crippen LogP contribution in [0.25, 0.3) is 0 Å². The number of methoxy groups -OCH3 is 1. The number of fused-ring (bicyclic) bond motifs is 1. The molecule has 2 rings (SSSR count). The van der Waals surface area contributed by atoms with E-state index < -0.39 is 0 Å². The number of hydrogen-bond donors (Lipinski definition) is 2. The van der Waals surface area contributed by atoms with E-state index in [9.17, 15) is 4.79 Å². The van der Waals surface area contributed by atoms with Crippen molar-refractivity contribution in [3.63, 3.8) is 0 Å². The van der Waals surface area contributed by atoms with Gasteiger partial charge in [-0.15, -0.1) is 0 Å². The van der Waals surface area contributed by atoms with Crippen molar-refractivity contribution in [2.75, 3.05) is 17.2 Å². The summed E-state index contributed by atoms with van der Waals surface area (Å²) in [5.74, 6) is 0.911. The maximum absolute atomic E-state index is 10.8. The lowest BCUT2D eigenvalue weighted by atomic mass is 10.1. The molecule has 0 spiro atoms. The fraction of sp³-hybridized carbons (Fsp3) is 0.333. The van der Waals surface area contributed by atoms with E-state index in [0.29, 0.717) is 6.54 Å². The van der Waals surface area contributed by atoms with Crippen molar-refractivity contribution in [1.29, 1.82) is 0 Å². The molecule has 0 unspecified atom stereocenters. The molecule has 4 nitrogen and oxygen atoms in total. The molecule has 0 saturated heterocycles. The van der Waals surface area contributed by atoms with Crippen LogP contribution in [-0.4, -0.2) is 23.1 Å². The molecule has 0 aliphatic carbocycles. The average Bonchev–Trinajstić information content (AvgIpc) is 2.71. The lowest BCUT2D eigenvalue weighted by Crippen LogP contribution is -2.22. The van der Waals surface area contributed by atoms with E-state index in [1.807, 2.05) is 6.07 Å². The molecule has 1 aromatic carbocycles. The first-order valence-corrected chi connectivity index (χ1v) is 7.55. The first kappa shape index (κ1) is 12.3. The van der Waals surface area contributed by atoms with Gasteiger partial charge in [0.15, 0.2) is 0 Å². The standard InChI is InChI=1S/C12H15IN2O2/c1-8(16)14-6-5-11-10-7-9(17-2)3-4-12(10)15-13-11/h3-4,7,15H,5-6H2,1-2H3,(H,14,16). The smallest absolute Gasteiger partial charge is 0.216 e. The number of ether oxygens (including phenoxy) is 1. The van der Waals surface area contributed by atoms with E-state index in [1.165, 1.54) is 14.8 Å². The van der Waals surface area contributed by atoms with Gasteiger partial charge in [0.25, 0.3) is 0 Å². The molecule has 5 heteroatoms. The van der Waals surface area contributed by atoms with Gasteiger partial charge in [-0.3, -0.25) is 4.79 Å². The number of rotatable bonds is 4. The molecule has 2 N–H and O–H groups in total. The third-order valence-electron chi connectivity index (χ3n) is 2.50. The summed E-state index contributed by atoms with van der Waals surface area (Å²) < 4.78 is 10.1. The number of hydrogen-bond acceptors (Lipinski definition) is 3. The van der Waals surface area contributed by atoms with E-state index >= 15 is 0 Å². The van der Waals surface area contributed by atoms with Crippen LogP contribution >= 0.6 is 21.0 Å².